The van der Waals surface area contributed by atoms with Crippen LogP contribution in [-0.4, -0.2) is 15.7 Å². The smallest absolute Gasteiger partial charge is 0.333 e. The molecule has 152 valence electrons. The predicted molar refractivity (Wildman–Crippen MR) is 106 cm³/mol. The number of rotatable bonds is 7. The molecule has 0 atom stereocenters. The summed E-state index contributed by atoms with van der Waals surface area (Å²) in [5, 5.41) is 6.41. The number of nitrogens with zero attached hydrogens (tertiary/aromatic N) is 2. The van der Waals surface area contributed by atoms with E-state index in [1.165, 1.54) is 18.3 Å². The highest BCUT2D eigenvalue weighted by molar-refractivity contribution is 9.10. The van der Waals surface area contributed by atoms with Crippen LogP contribution in [0.25, 0.3) is 0 Å². The monoisotopic (exact) mass is 487 g/mol. The number of hydrogen-bond acceptors (Lipinski definition) is 3. The number of anilines is 1. The van der Waals surface area contributed by atoms with Gasteiger partial charge in [0.05, 0.1) is 18.8 Å². The van der Waals surface area contributed by atoms with Gasteiger partial charge in [-0.15, -0.1) is 0 Å². The fourth-order valence-corrected chi connectivity index (χ4v) is 3.18. The molecule has 5 nitrogen and oxygen atoms in total. The molecule has 0 radical (unpaired) electrons. The summed E-state index contributed by atoms with van der Waals surface area (Å²) in [6.07, 6.45) is 2.30. The Labute approximate surface area is 177 Å². The molecule has 1 N–H and O–H groups in total. The first-order chi connectivity index (χ1) is 13.8. The molecule has 29 heavy (non-hydrogen) atoms. The molecule has 0 fully saturated rings. The maximum absolute atomic E-state index is 13.1. The normalized spacial score (nSPS) is 11.0. The third-order valence-electron chi connectivity index (χ3n) is 3.88. The minimum absolute atomic E-state index is 0.00424. The molecule has 0 aliphatic carbocycles. The Balaban J connectivity index is 1.59. The lowest BCUT2D eigenvalue weighted by Crippen LogP contribution is -2.14. The van der Waals surface area contributed by atoms with E-state index in [0.717, 1.165) is 17.8 Å². The quantitative estimate of drug-likeness (QED) is 0.471. The second kappa shape index (κ2) is 9.32. The molecule has 1 aromatic heterocycles. The summed E-state index contributed by atoms with van der Waals surface area (Å²) in [6, 6.07) is 8.94. The number of nitrogens with one attached hydrogen (secondary N) is 1. The van der Waals surface area contributed by atoms with Crippen molar-refractivity contribution in [2.75, 3.05) is 5.32 Å². The van der Waals surface area contributed by atoms with Gasteiger partial charge in [-0.3, -0.25) is 4.79 Å². The molecular weight excluding hydrogens is 475 g/mol. The van der Waals surface area contributed by atoms with Gasteiger partial charge in [-0.2, -0.15) is 13.9 Å². The third kappa shape index (κ3) is 5.74. The topological polar surface area (TPSA) is 56.1 Å². The summed E-state index contributed by atoms with van der Waals surface area (Å²) < 4.78 is 44.7. The van der Waals surface area contributed by atoms with Gasteiger partial charge in [-0.1, -0.05) is 39.7 Å². The van der Waals surface area contributed by atoms with Crippen molar-refractivity contribution in [2.45, 2.75) is 19.6 Å². The van der Waals surface area contributed by atoms with E-state index in [-0.39, 0.29) is 29.7 Å². The summed E-state index contributed by atoms with van der Waals surface area (Å²) in [4.78, 5) is 12.2. The highest BCUT2D eigenvalue weighted by Crippen LogP contribution is 2.24. The molecule has 0 bridgehead atoms. The highest BCUT2D eigenvalue weighted by Gasteiger charge is 2.11. The van der Waals surface area contributed by atoms with E-state index in [4.69, 9.17) is 16.3 Å². The Kier molecular flexibility index (Phi) is 6.81. The number of carbonyl (C=O) groups is 1. The summed E-state index contributed by atoms with van der Waals surface area (Å²) in [5.74, 6) is -0.568. The van der Waals surface area contributed by atoms with E-state index in [0.29, 0.717) is 20.4 Å². The zero-order valence-electron chi connectivity index (χ0n) is 14.7. The Hall–Kier alpha value is -2.52. The standard InChI is InChI=1S/C19H14BrClF3N3O2/c20-16-7-14(26-18(28)5-11-1-3-13(22)6-17(11)21)4-2-12(16)10-29-15-8-25-27(9-15)19(23)24/h1-4,6-9,19H,5,10H2,(H,26,28). The Morgan fingerprint density at radius 1 is 1.24 bits per heavy atom. The van der Waals surface area contributed by atoms with Gasteiger partial charge in [-0.25, -0.2) is 9.07 Å². The van der Waals surface area contributed by atoms with Crippen LogP contribution in [-0.2, 0) is 17.8 Å². The SMILES string of the molecule is O=C(Cc1ccc(F)cc1Cl)Nc1ccc(COc2cnn(C(F)F)c2)c(Br)c1. The highest BCUT2D eigenvalue weighted by atomic mass is 79.9. The summed E-state index contributed by atoms with van der Waals surface area (Å²) in [7, 11) is 0. The van der Waals surface area contributed by atoms with Gasteiger partial charge in [0, 0.05) is 20.7 Å². The lowest BCUT2D eigenvalue weighted by atomic mass is 10.1. The van der Waals surface area contributed by atoms with Crippen LogP contribution in [0.3, 0.4) is 0 Å². The van der Waals surface area contributed by atoms with Gasteiger partial charge in [0.25, 0.3) is 0 Å². The van der Waals surface area contributed by atoms with Gasteiger partial charge in [-0.05, 0) is 29.8 Å². The largest absolute Gasteiger partial charge is 0.486 e. The van der Waals surface area contributed by atoms with Crippen molar-refractivity contribution in [3.8, 4) is 5.75 Å². The molecule has 10 heteroatoms. The van der Waals surface area contributed by atoms with Crippen molar-refractivity contribution >= 4 is 39.1 Å². The summed E-state index contributed by atoms with van der Waals surface area (Å²) >= 11 is 9.33. The number of aromatic nitrogens is 2. The number of amides is 1. The average Bonchev–Trinajstić information content (AvgIpc) is 3.13. The van der Waals surface area contributed by atoms with Crippen LogP contribution in [0.5, 0.6) is 5.75 Å². The molecule has 1 heterocycles. The number of ether oxygens (including phenoxy) is 1. The average molecular weight is 489 g/mol. The lowest BCUT2D eigenvalue weighted by Gasteiger charge is -2.10. The Morgan fingerprint density at radius 3 is 2.66 bits per heavy atom. The zero-order valence-corrected chi connectivity index (χ0v) is 17.1. The van der Waals surface area contributed by atoms with Crippen molar-refractivity contribution in [1.82, 2.24) is 9.78 Å². The Bertz CT molecular complexity index is 1030. The zero-order chi connectivity index (χ0) is 21.0. The number of carbonyl (C=O) groups excluding carboxylic acids is 1. The van der Waals surface area contributed by atoms with Crippen molar-refractivity contribution in [3.05, 3.63) is 75.2 Å². The van der Waals surface area contributed by atoms with Crippen LogP contribution >= 0.6 is 27.5 Å². The minimum Gasteiger partial charge on any atom is -0.486 e. The molecule has 3 rings (SSSR count). The third-order valence-corrected chi connectivity index (χ3v) is 4.97. The van der Waals surface area contributed by atoms with Gasteiger partial charge < -0.3 is 10.1 Å². The molecule has 0 aliphatic rings. The first kappa shape index (κ1) is 21.2. The summed E-state index contributed by atoms with van der Waals surface area (Å²) in [6.45, 7) is -2.61. The van der Waals surface area contributed by atoms with Crippen LogP contribution < -0.4 is 10.1 Å². The number of benzene rings is 2. The van der Waals surface area contributed by atoms with Crippen LogP contribution in [0.4, 0.5) is 18.9 Å². The number of alkyl halides is 2. The van der Waals surface area contributed by atoms with E-state index in [1.807, 2.05) is 0 Å². The van der Waals surface area contributed by atoms with Crippen molar-refractivity contribution in [3.63, 3.8) is 0 Å². The van der Waals surface area contributed by atoms with E-state index in [1.54, 1.807) is 18.2 Å². The van der Waals surface area contributed by atoms with E-state index in [2.05, 4.69) is 26.3 Å². The lowest BCUT2D eigenvalue weighted by molar-refractivity contribution is -0.115. The molecule has 2 aromatic carbocycles. The second-order valence-electron chi connectivity index (χ2n) is 5.99. The van der Waals surface area contributed by atoms with Gasteiger partial charge in [0.1, 0.15) is 12.4 Å². The molecule has 0 saturated carbocycles. The van der Waals surface area contributed by atoms with Gasteiger partial charge in [0.2, 0.25) is 5.91 Å². The maximum Gasteiger partial charge on any atom is 0.333 e. The molecule has 0 unspecified atom stereocenters. The molecule has 3 aromatic rings. The van der Waals surface area contributed by atoms with E-state index >= 15 is 0 Å². The van der Waals surface area contributed by atoms with Crippen LogP contribution in [0.1, 0.15) is 17.7 Å². The molecule has 0 aliphatic heterocycles. The molecule has 0 spiro atoms. The van der Waals surface area contributed by atoms with Crippen LogP contribution in [0.15, 0.2) is 53.3 Å². The predicted octanol–water partition coefficient (Wildman–Crippen LogP) is 5.59. The second-order valence-corrected chi connectivity index (χ2v) is 7.25. The van der Waals surface area contributed by atoms with Crippen molar-refractivity contribution in [2.24, 2.45) is 0 Å². The first-order valence-corrected chi connectivity index (χ1v) is 9.46. The fraction of sp³-hybridized carbons (Fsp3) is 0.158. The van der Waals surface area contributed by atoms with E-state index in [9.17, 15) is 18.0 Å². The molecule has 1 amide bonds. The Morgan fingerprint density at radius 2 is 2.00 bits per heavy atom. The van der Waals surface area contributed by atoms with Crippen molar-refractivity contribution < 1.29 is 22.7 Å². The fourth-order valence-electron chi connectivity index (χ4n) is 2.45. The summed E-state index contributed by atoms with van der Waals surface area (Å²) in [5.41, 5.74) is 1.79. The van der Waals surface area contributed by atoms with Crippen LogP contribution in [0, 0.1) is 5.82 Å². The van der Waals surface area contributed by atoms with Gasteiger partial charge in [0.15, 0.2) is 5.75 Å². The molecule has 0 saturated heterocycles. The number of halogens is 5. The van der Waals surface area contributed by atoms with Crippen molar-refractivity contribution in [1.29, 1.82) is 0 Å². The van der Waals surface area contributed by atoms with Gasteiger partial charge >= 0.3 is 6.55 Å². The minimum atomic E-state index is -2.73. The maximum atomic E-state index is 13.1. The van der Waals surface area contributed by atoms with E-state index < -0.39 is 12.4 Å². The first-order valence-electron chi connectivity index (χ1n) is 8.29. The number of hydrogen-bond donors (Lipinski definition) is 1. The van der Waals surface area contributed by atoms with Crippen LogP contribution in [0.2, 0.25) is 5.02 Å². The molecular formula is C19H14BrClF3N3O2.